The van der Waals surface area contributed by atoms with Gasteiger partial charge in [0.05, 0.1) is 12.6 Å². The molecule has 1 amide bonds. The number of hydrogen-bond acceptors (Lipinski definition) is 6. The zero-order chi connectivity index (χ0) is 26.2. The minimum absolute atomic E-state index is 0.242. The first-order chi connectivity index (χ1) is 17.5. The summed E-state index contributed by atoms with van der Waals surface area (Å²) in [5.74, 6) is -1.59. The number of nitrogens with one attached hydrogen (secondary N) is 1. The van der Waals surface area contributed by atoms with Gasteiger partial charge in [0, 0.05) is 6.54 Å². The number of hydrogen-bond donors (Lipinski definition) is 3. The van der Waals surface area contributed by atoms with Crippen LogP contribution in [0.15, 0.2) is 30.3 Å². The van der Waals surface area contributed by atoms with Crippen molar-refractivity contribution in [2.45, 2.75) is 102 Å². The quantitative estimate of drug-likeness (QED) is 0.277. The summed E-state index contributed by atoms with van der Waals surface area (Å²) in [5, 5.41) is 13.3. The van der Waals surface area contributed by atoms with Crippen LogP contribution in [0.1, 0.15) is 83.1 Å². The van der Waals surface area contributed by atoms with E-state index in [1.165, 1.54) is 0 Å². The van der Waals surface area contributed by atoms with Crippen LogP contribution in [0.5, 0.6) is 0 Å². The number of carbonyl (C=O) groups excluding carboxylic acids is 2. The Labute approximate surface area is 215 Å². The fraction of sp³-hybridized carbons (Fsp3) is 0.679. The predicted octanol–water partition coefficient (Wildman–Crippen LogP) is 3.66. The number of aryl methyl sites for hydroxylation is 1. The average molecular weight is 504 g/mol. The molecule has 1 fully saturated rings. The molecule has 0 bridgehead atoms. The largest absolute Gasteiger partial charge is 0.480 e. The maximum atomic E-state index is 13.9. The van der Waals surface area contributed by atoms with Gasteiger partial charge in [0.1, 0.15) is 12.1 Å². The minimum atomic E-state index is -0.962. The van der Waals surface area contributed by atoms with Gasteiger partial charge in [0.15, 0.2) is 0 Å². The van der Waals surface area contributed by atoms with E-state index in [0.717, 1.165) is 50.5 Å². The van der Waals surface area contributed by atoms with Crippen molar-refractivity contribution in [1.82, 2.24) is 10.2 Å². The van der Waals surface area contributed by atoms with Crippen LogP contribution in [0.3, 0.4) is 0 Å². The van der Waals surface area contributed by atoms with Crippen molar-refractivity contribution in [2.24, 2.45) is 5.73 Å². The van der Waals surface area contributed by atoms with Crippen molar-refractivity contribution in [3.05, 3.63) is 35.9 Å². The van der Waals surface area contributed by atoms with E-state index in [4.69, 9.17) is 10.5 Å². The molecule has 2 rings (SSSR count). The van der Waals surface area contributed by atoms with Gasteiger partial charge in [0.25, 0.3) is 0 Å². The Morgan fingerprint density at radius 3 is 2.39 bits per heavy atom. The van der Waals surface area contributed by atoms with Crippen molar-refractivity contribution in [2.75, 3.05) is 19.7 Å². The van der Waals surface area contributed by atoms with Crippen LogP contribution in [0.25, 0.3) is 0 Å². The Morgan fingerprint density at radius 1 is 1.03 bits per heavy atom. The zero-order valence-corrected chi connectivity index (χ0v) is 21.8. The van der Waals surface area contributed by atoms with Gasteiger partial charge in [-0.25, -0.2) is 4.79 Å². The molecule has 1 aliphatic heterocycles. The monoisotopic (exact) mass is 503 g/mol. The summed E-state index contributed by atoms with van der Waals surface area (Å²) in [6.45, 7) is 2.94. The molecule has 0 aromatic heterocycles. The lowest BCUT2D eigenvalue weighted by molar-refractivity contribution is -0.153. The zero-order valence-electron chi connectivity index (χ0n) is 21.8. The number of rotatable bonds is 13. The van der Waals surface area contributed by atoms with E-state index in [-0.39, 0.29) is 18.5 Å². The van der Waals surface area contributed by atoms with Crippen LogP contribution < -0.4 is 11.1 Å². The van der Waals surface area contributed by atoms with Gasteiger partial charge < -0.3 is 20.5 Å². The highest BCUT2D eigenvalue weighted by atomic mass is 16.5. The van der Waals surface area contributed by atoms with Crippen molar-refractivity contribution in [3.63, 3.8) is 0 Å². The molecule has 8 heteroatoms. The lowest BCUT2D eigenvalue weighted by Crippen LogP contribution is -2.56. The van der Waals surface area contributed by atoms with E-state index in [1.807, 2.05) is 30.3 Å². The van der Waals surface area contributed by atoms with Crippen molar-refractivity contribution < 1.29 is 24.2 Å². The van der Waals surface area contributed by atoms with Gasteiger partial charge in [-0.1, -0.05) is 68.9 Å². The number of carboxylic acid groups (broad SMARTS) is 1. The number of nitrogens with two attached hydrogens (primary N) is 1. The number of ether oxygens (including phenoxy) is 1. The second-order valence-electron chi connectivity index (χ2n) is 9.63. The molecular weight excluding hydrogens is 458 g/mol. The number of benzene rings is 1. The number of nitrogens with zero attached hydrogens (tertiary/aromatic N) is 1. The van der Waals surface area contributed by atoms with Crippen LogP contribution in [0, 0.1) is 0 Å². The molecule has 1 saturated heterocycles. The van der Waals surface area contributed by atoms with E-state index in [2.05, 4.69) is 5.32 Å². The molecule has 202 valence electrons. The molecule has 1 aromatic carbocycles. The van der Waals surface area contributed by atoms with Crippen molar-refractivity contribution in [3.8, 4) is 0 Å². The molecule has 8 nitrogen and oxygen atoms in total. The second-order valence-corrected chi connectivity index (χ2v) is 9.63. The molecule has 4 N–H and O–H groups in total. The Morgan fingerprint density at radius 2 is 1.72 bits per heavy atom. The molecule has 1 aromatic rings. The van der Waals surface area contributed by atoms with Crippen molar-refractivity contribution >= 4 is 17.8 Å². The fourth-order valence-corrected chi connectivity index (χ4v) is 4.84. The highest BCUT2D eigenvalue weighted by Gasteiger charge is 2.35. The van der Waals surface area contributed by atoms with E-state index in [0.29, 0.717) is 45.2 Å². The summed E-state index contributed by atoms with van der Waals surface area (Å²) >= 11 is 0. The molecule has 0 radical (unpaired) electrons. The molecule has 0 spiro atoms. The van der Waals surface area contributed by atoms with E-state index < -0.39 is 24.1 Å². The van der Waals surface area contributed by atoms with Crippen LogP contribution in [-0.4, -0.2) is 65.7 Å². The Kier molecular flexibility index (Phi) is 14.1. The van der Waals surface area contributed by atoms with E-state index in [9.17, 15) is 19.5 Å². The standard InChI is InChI=1S/C28H45N3O5/c1-2-36-28(35)24(19-18-22-14-8-7-9-15-22)30-23(16-11-12-20-29)26(32)31-21-13-6-4-3-5-10-17-25(31)27(33)34/h7-9,14-15,23-25,30H,2-6,10-13,16-21,29H2,1H3,(H,33,34)/t23-,24?,25?/m0/s1. The van der Waals surface area contributed by atoms with Crippen LogP contribution in [0.4, 0.5) is 0 Å². The third-order valence-corrected chi connectivity index (χ3v) is 6.85. The number of carboxylic acids is 1. The molecule has 2 unspecified atom stereocenters. The van der Waals surface area contributed by atoms with E-state index >= 15 is 0 Å². The first kappa shape index (κ1) is 29.8. The molecule has 1 aliphatic rings. The SMILES string of the molecule is CCOC(=O)C(CCc1ccccc1)N[C@@H](CCCCN)C(=O)N1CCCCCCCCC1C(=O)O. The molecule has 0 saturated carbocycles. The summed E-state index contributed by atoms with van der Waals surface area (Å²) in [7, 11) is 0. The number of esters is 1. The molecule has 1 heterocycles. The highest BCUT2D eigenvalue weighted by Crippen LogP contribution is 2.20. The first-order valence-corrected chi connectivity index (χ1v) is 13.7. The summed E-state index contributed by atoms with van der Waals surface area (Å²) in [6, 6.07) is 7.70. The fourth-order valence-electron chi connectivity index (χ4n) is 4.84. The first-order valence-electron chi connectivity index (χ1n) is 13.7. The van der Waals surface area contributed by atoms with Gasteiger partial charge in [-0.2, -0.15) is 0 Å². The van der Waals surface area contributed by atoms with Crippen LogP contribution in [0.2, 0.25) is 0 Å². The molecule has 36 heavy (non-hydrogen) atoms. The summed E-state index contributed by atoms with van der Waals surface area (Å²) in [5.41, 5.74) is 6.80. The Bertz CT molecular complexity index is 789. The summed E-state index contributed by atoms with van der Waals surface area (Å²) < 4.78 is 5.33. The Hall–Kier alpha value is -2.45. The average Bonchev–Trinajstić information content (AvgIpc) is 2.88. The summed E-state index contributed by atoms with van der Waals surface area (Å²) in [6.07, 6.45) is 9.25. The van der Waals surface area contributed by atoms with E-state index in [1.54, 1.807) is 11.8 Å². The van der Waals surface area contributed by atoms with Crippen LogP contribution >= 0.6 is 0 Å². The maximum Gasteiger partial charge on any atom is 0.326 e. The summed E-state index contributed by atoms with van der Waals surface area (Å²) in [4.78, 5) is 40.5. The molecule has 0 aliphatic carbocycles. The number of amides is 1. The number of carbonyl (C=O) groups is 3. The molecular formula is C28H45N3O5. The lowest BCUT2D eigenvalue weighted by atomic mass is 9.98. The maximum absolute atomic E-state index is 13.9. The normalized spacial score (nSPS) is 18.7. The molecule has 3 atom stereocenters. The topological polar surface area (TPSA) is 122 Å². The van der Waals surface area contributed by atoms with Gasteiger partial charge >= 0.3 is 11.9 Å². The van der Waals surface area contributed by atoms with Gasteiger partial charge in [-0.3, -0.25) is 14.9 Å². The van der Waals surface area contributed by atoms with Gasteiger partial charge in [0.2, 0.25) is 5.91 Å². The minimum Gasteiger partial charge on any atom is -0.480 e. The van der Waals surface area contributed by atoms with Crippen molar-refractivity contribution in [1.29, 1.82) is 0 Å². The third-order valence-electron chi connectivity index (χ3n) is 6.85. The highest BCUT2D eigenvalue weighted by molar-refractivity contribution is 5.88. The third kappa shape index (κ3) is 10.3. The van der Waals surface area contributed by atoms with Crippen LogP contribution in [-0.2, 0) is 25.5 Å². The second kappa shape index (κ2) is 17.1. The lowest BCUT2D eigenvalue weighted by Gasteiger charge is -2.34. The van der Waals surface area contributed by atoms with Gasteiger partial charge in [-0.15, -0.1) is 0 Å². The predicted molar refractivity (Wildman–Crippen MR) is 140 cm³/mol. The van der Waals surface area contributed by atoms with Gasteiger partial charge in [-0.05, 0) is 57.6 Å². The number of unbranched alkanes of at least 4 members (excludes halogenated alkanes) is 1. The Balaban J connectivity index is 2.25. The smallest absolute Gasteiger partial charge is 0.326 e. The number of aliphatic carboxylic acids is 1.